The molecule has 1 unspecified atom stereocenters. The summed E-state index contributed by atoms with van der Waals surface area (Å²) in [4.78, 5) is 4.25. The highest BCUT2D eigenvalue weighted by Crippen LogP contribution is 2.43. The van der Waals surface area contributed by atoms with Gasteiger partial charge in [0.1, 0.15) is 18.0 Å². The molecule has 4 heteroatoms. The van der Waals surface area contributed by atoms with E-state index in [0.717, 1.165) is 22.3 Å². The Morgan fingerprint density at radius 2 is 1.86 bits per heavy atom. The van der Waals surface area contributed by atoms with Crippen LogP contribution in [0.3, 0.4) is 0 Å². The molecule has 1 N–H and O–H groups in total. The molecule has 0 amide bonds. The zero-order chi connectivity index (χ0) is 25.3. The Hall–Kier alpha value is -4.72. The third-order valence-electron chi connectivity index (χ3n) is 6.60. The Bertz CT molecular complexity index is 1570. The first-order valence-corrected chi connectivity index (χ1v) is 11.5. The molecule has 2 heterocycles. The number of aliphatic imine (C=N–C) groups is 1. The van der Waals surface area contributed by atoms with Crippen molar-refractivity contribution in [2.24, 2.45) is 4.99 Å². The number of hydrogen-bond donors (Lipinski definition) is 1. The van der Waals surface area contributed by atoms with Crippen molar-refractivity contribution < 1.29 is 9.84 Å². The summed E-state index contributed by atoms with van der Waals surface area (Å²) in [6.07, 6.45) is 8.82. The molecule has 2 aliphatic rings. The molecule has 3 aromatic rings. The summed E-state index contributed by atoms with van der Waals surface area (Å²) in [7, 11) is 0. The minimum Gasteiger partial charge on any atom is -0.489 e. The van der Waals surface area contributed by atoms with Crippen LogP contribution >= 0.6 is 0 Å². The maximum atomic E-state index is 12.5. The van der Waals surface area contributed by atoms with Gasteiger partial charge in [-0.25, -0.2) is 0 Å². The van der Waals surface area contributed by atoms with Crippen molar-refractivity contribution in [2.45, 2.75) is 12.2 Å². The summed E-state index contributed by atoms with van der Waals surface area (Å²) < 4.78 is 6.10. The first-order chi connectivity index (χ1) is 17.5. The van der Waals surface area contributed by atoms with Crippen molar-refractivity contribution in [1.82, 2.24) is 0 Å². The summed E-state index contributed by atoms with van der Waals surface area (Å²) in [6, 6.07) is 21.1. The molecule has 0 saturated carbocycles. The zero-order valence-corrected chi connectivity index (χ0v) is 19.7. The van der Waals surface area contributed by atoms with Crippen molar-refractivity contribution >= 4 is 17.9 Å². The van der Waals surface area contributed by atoms with E-state index in [1.54, 1.807) is 30.6 Å². The van der Waals surface area contributed by atoms with Crippen LogP contribution in [0.25, 0.3) is 11.6 Å². The molecule has 0 fully saturated rings. The van der Waals surface area contributed by atoms with Gasteiger partial charge in [0, 0.05) is 23.6 Å². The van der Waals surface area contributed by atoms with Gasteiger partial charge in [-0.15, -0.1) is 0 Å². The maximum absolute atomic E-state index is 12.5. The molecule has 0 aliphatic carbocycles. The van der Waals surface area contributed by atoms with Gasteiger partial charge in [-0.3, -0.25) is 4.99 Å². The van der Waals surface area contributed by atoms with Crippen LogP contribution in [0, 0.1) is 11.3 Å². The number of ether oxygens (including phenoxy) is 1. The molecule has 2 aliphatic heterocycles. The number of nitrogens with zero attached hydrogens (tertiary/aromatic N) is 2. The number of fused-ring (bicyclic) bond motifs is 6. The third-order valence-corrected chi connectivity index (χ3v) is 6.60. The summed E-state index contributed by atoms with van der Waals surface area (Å²) in [5.41, 5.74) is 5.47. The summed E-state index contributed by atoms with van der Waals surface area (Å²) in [5, 5.41) is 22.2. The Morgan fingerprint density at radius 3 is 2.61 bits per heavy atom. The standard InChI is InChI=1S/C32H24N2O2/c1-4-5-7-23-10-12-28-16-30(23)22(3)24-8-6-9-29(15-24)36-20-26-14-27(13-11-25(26)17-33)32(28,35)31-19-34-18-21(31)2/h4-16,18-19,35H,1-3,20H2/b7-5-. The maximum Gasteiger partial charge on any atom is 0.142 e. The highest BCUT2D eigenvalue weighted by Gasteiger charge is 2.39. The van der Waals surface area contributed by atoms with Crippen molar-refractivity contribution in [3.05, 3.63) is 149 Å². The molecule has 0 aromatic heterocycles. The molecular weight excluding hydrogens is 444 g/mol. The number of rotatable bonds is 3. The number of benzene rings is 3. The predicted octanol–water partition coefficient (Wildman–Crippen LogP) is 6.47. The topological polar surface area (TPSA) is 65.6 Å². The van der Waals surface area contributed by atoms with Crippen molar-refractivity contribution in [1.29, 1.82) is 5.26 Å². The highest BCUT2D eigenvalue weighted by molar-refractivity contribution is 5.89. The minimum atomic E-state index is -1.57. The Labute approximate surface area is 210 Å². The summed E-state index contributed by atoms with van der Waals surface area (Å²) >= 11 is 0. The van der Waals surface area contributed by atoms with E-state index < -0.39 is 5.60 Å². The number of nitriles is 1. The normalized spacial score (nSPS) is 18.5. The molecule has 5 rings (SSSR count). The van der Waals surface area contributed by atoms with E-state index in [1.807, 2.05) is 60.7 Å². The molecule has 0 spiro atoms. The average molecular weight is 469 g/mol. The van der Waals surface area contributed by atoms with Crippen LogP contribution in [-0.4, -0.2) is 11.3 Å². The van der Waals surface area contributed by atoms with Crippen LogP contribution in [0.5, 0.6) is 5.75 Å². The van der Waals surface area contributed by atoms with Crippen molar-refractivity contribution in [2.75, 3.05) is 0 Å². The molecular formula is C32H24N2O2. The van der Waals surface area contributed by atoms with Gasteiger partial charge in [-0.2, -0.15) is 5.26 Å². The van der Waals surface area contributed by atoms with Crippen LogP contribution in [-0.2, 0) is 12.2 Å². The molecule has 0 radical (unpaired) electrons. The minimum absolute atomic E-state index is 0.171. The molecule has 36 heavy (non-hydrogen) atoms. The van der Waals surface area contributed by atoms with Crippen molar-refractivity contribution in [3.8, 4) is 11.8 Å². The van der Waals surface area contributed by atoms with Gasteiger partial charge in [-0.05, 0) is 69.3 Å². The fraction of sp³-hybridized carbons (Fsp3) is 0.0625. The largest absolute Gasteiger partial charge is 0.489 e. The first-order valence-electron chi connectivity index (χ1n) is 11.5. The number of allylic oxidation sites excluding steroid dienone is 2. The molecule has 1 atom stereocenters. The fourth-order valence-electron chi connectivity index (χ4n) is 4.65. The predicted molar refractivity (Wildman–Crippen MR) is 144 cm³/mol. The monoisotopic (exact) mass is 468 g/mol. The van der Waals surface area contributed by atoms with Gasteiger partial charge >= 0.3 is 0 Å². The van der Waals surface area contributed by atoms with Gasteiger partial charge in [-0.1, -0.05) is 68.3 Å². The van der Waals surface area contributed by atoms with E-state index in [2.05, 4.69) is 30.8 Å². The van der Waals surface area contributed by atoms with Gasteiger partial charge in [0.2, 0.25) is 0 Å². The fourth-order valence-corrected chi connectivity index (χ4v) is 4.65. The van der Waals surface area contributed by atoms with Crippen LogP contribution in [0.2, 0.25) is 0 Å². The SMILES string of the molecule is C=C/C=C\c1ccc2cc1C(=C)c1cccc(c1)OCc1cc(ccc1C#N)C2(O)C1=CN=CC1=C. The Kier molecular flexibility index (Phi) is 5.85. The van der Waals surface area contributed by atoms with E-state index in [9.17, 15) is 10.4 Å². The quantitative estimate of drug-likeness (QED) is 0.448. The van der Waals surface area contributed by atoms with Gasteiger partial charge in [0.15, 0.2) is 0 Å². The van der Waals surface area contributed by atoms with Crippen LogP contribution in [0.15, 0.2) is 115 Å². The zero-order valence-electron chi connectivity index (χ0n) is 19.7. The Balaban J connectivity index is 1.85. The lowest BCUT2D eigenvalue weighted by Gasteiger charge is -2.32. The average Bonchev–Trinajstić information content (AvgIpc) is 3.35. The van der Waals surface area contributed by atoms with Gasteiger partial charge in [0.25, 0.3) is 0 Å². The van der Waals surface area contributed by atoms with E-state index in [-0.39, 0.29) is 6.61 Å². The molecule has 174 valence electrons. The van der Waals surface area contributed by atoms with E-state index in [4.69, 9.17) is 4.74 Å². The summed E-state index contributed by atoms with van der Waals surface area (Å²) in [6.45, 7) is 12.5. The first kappa shape index (κ1) is 23.0. The van der Waals surface area contributed by atoms with E-state index in [0.29, 0.717) is 39.1 Å². The molecule has 0 saturated heterocycles. The molecule has 4 nitrogen and oxygen atoms in total. The lowest BCUT2D eigenvalue weighted by molar-refractivity contribution is 0.124. The lowest BCUT2D eigenvalue weighted by Crippen LogP contribution is -2.31. The van der Waals surface area contributed by atoms with Crippen molar-refractivity contribution in [3.63, 3.8) is 0 Å². The molecule has 6 bridgehead atoms. The second kappa shape index (κ2) is 9.14. The number of hydrogen-bond acceptors (Lipinski definition) is 4. The van der Waals surface area contributed by atoms with Gasteiger partial charge in [0.05, 0.1) is 11.6 Å². The molecule has 3 aromatic carbocycles. The third kappa shape index (κ3) is 3.82. The smallest absolute Gasteiger partial charge is 0.142 e. The lowest BCUT2D eigenvalue weighted by atomic mass is 9.76. The summed E-state index contributed by atoms with van der Waals surface area (Å²) in [5.74, 6) is 0.664. The van der Waals surface area contributed by atoms with Crippen LogP contribution in [0.1, 0.15) is 38.9 Å². The second-order valence-corrected chi connectivity index (χ2v) is 8.73. The van der Waals surface area contributed by atoms with E-state index >= 15 is 0 Å². The number of aliphatic hydroxyl groups is 1. The van der Waals surface area contributed by atoms with Crippen LogP contribution < -0.4 is 4.74 Å². The second-order valence-electron chi connectivity index (χ2n) is 8.73. The van der Waals surface area contributed by atoms with Crippen LogP contribution in [0.4, 0.5) is 0 Å². The van der Waals surface area contributed by atoms with E-state index in [1.165, 1.54) is 0 Å². The Morgan fingerprint density at radius 1 is 1.06 bits per heavy atom. The highest BCUT2D eigenvalue weighted by atomic mass is 16.5. The van der Waals surface area contributed by atoms with Gasteiger partial charge < -0.3 is 9.84 Å².